The molecule has 0 radical (unpaired) electrons. The molecule has 0 bridgehead atoms. The van der Waals surface area contributed by atoms with Gasteiger partial charge in [0.05, 0.1) is 0 Å². The first-order valence-corrected chi connectivity index (χ1v) is 6.36. The Balaban J connectivity index is 4.39. The van der Waals surface area contributed by atoms with Crippen molar-refractivity contribution < 1.29 is 10.0 Å². The maximum atomic E-state index is 11.4. The monoisotopic (exact) mass is 227 g/mol. The molecule has 16 heavy (non-hydrogen) atoms. The highest BCUT2D eigenvalue weighted by Gasteiger charge is 2.11. The van der Waals surface area contributed by atoms with Gasteiger partial charge in [-0.3, -0.25) is 10.0 Å². The van der Waals surface area contributed by atoms with Crippen molar-refractivity contribution in [2.75, 3.05) is 0 Å². The molecule has 2 N–H and O–H groups in total. The number of hydrogen-bond donors (Lipinski definition) is 2. The standard InChI is InChI=1S/C13H25NO2/c1-4-7-8-9-10-11(5-2)12(6-3)13(15)14-16/h16H,4-10H2,1-3H3,(H,14,15). The zero-order chi connectivity index (χ0) is 12.4. The predicted octanol–water partition coefficient (Wildman–Crippen LogP) is 3.58. The molecule has 0 unspecified atom stereocenters. The van der Waals surface area contributed by atoms with Crippen LogP contribution in [0.3, 0.4) is 0 Å². The number of unbranched alkanes of at least 4 members (excludes halogenated alkanes) is 3. The molecule has 0 aromatic carbocycles. The summed E-state index contributed by atoms with van der Waals surface area (Å²) in [6.45, 7) is 6.20. The second-order valence-electron chi connectivity index (χ2n) is 4.04. The number of carbonyl (C=O) groups excluding carboxylic acids is 1. The van der Waals surface area contributed by atoms with Crippen LogP contribution in [0.1, 0.15) is 65.7 Å². The minimum Gasteiger partial charge on any atom is -0.288 e. The van der Waals surface area contributed by atoms with Gasteiger partial charge in [0.1, 0.15) is 0 Å². The third-order valence-electron chi connectivity index (χ3n) is 2.91. The van der Waals surface area contributed by atoms with Crippen LogP contribution in [0, 0.1) is 0 Å². The minimum atomic E-state index is -0.338. The lowest BCUT2D eigenvalue weighted by Gasteiger charge is -2.11. The first kappa shape index (κ1) is 15.2. The fraction of sp³-hybridized carbons (Fsp3) is 0.769. The van der Waals surface area contributed by atoms with E-state index >= 15 is 0 Å². The van der Waals surface area contributed by atoms with Crippen molar-refractivity contribution in [1.82, 2.24) is 5.48 Å². The molecule has 94 valence electrons. The zero-order valence-corrected chi connectivity index (χ0v) is 10.8. The van der Waals surface area contributed by atoms with Gasteiger partial charge in [-0.05, 0) is 25.7 Å². The maximum Gasteiger partial charge on any atom is 0.270 e. The maximum absolute atomic E-state index is 11.4. The number of hydrogen-bond acceptors (Lipinski definition) is 2. The number of nitrogens with one attached hydrogen (secondary N) is 1. The molecule has 0 aliphatic rings. The quantitative estimate of drug-likeness (QED) is 0.288. The van der Waals surface area contributed by atoms with Gasteiger partial charge in [-0.15, -0.1) is 0 Å². The zero-order valence-electron chi connectivity index (χ0n) is 10.8. The van der Waals surface area contributed by atoms with E-state index in [-0.39, 0.29) is 5.91 Å². The summed E-state index contributed by atoms with van der Waals surface area (Å²) in [5, 5.41) is 8.66. The van der Waals surface area contributed by atoms with Crippen molar-refractivity contribution >= 4 is 5.91 Å². The summed E-state index contributed by atoms with van der Waals surface area (Å²) in [5.74, 6) is -0.338. The molecule has 0 aliphatic heterocycles. The highest BCUT2D eigenvalue weighted by Crippen LogP contribution is 2.19. The highest BCUT2D eigenvalue weighted by molar-refractivity contribution is 5.93. The Labute approximate surface area is 98.9 Å². The molecule has 0 fully saturated rings. The molecule has 0 saturated heterocycles. The lowest BCUT2D eigenvalue weighted by molar-refractivity contribution is -0.125. The first-order valence-electron chi connectivity index (χ1n) is 6.36. The van der Waals surface area contributed by atoms with E-state index in [1.54, 1.807) is 5.48 Å². The number of rotatable bonds is 8. The fourth-order valence-electron chi connectivity index (χ4n) is 1.94. The molecule has 0 rings (SSSR count). The van der Waals surface area contributed by atoms with Crippen molar-refractivity contribution in [3.05, 3.63) is 11.1 Å². The molecule has 0 spiro atoms. The van der Waals surface area contributed by atoms with Gasteiger partial charge in [-0.25, -0.2) is 5.48 Å². The average molecular weight is 227 g/mol. The van der Waals surface area contributed by atoms with E-state index in [0.29, 0.717) is 6.42 Å². The minimum absolute atomic E-state index is 0.338. The van der Waals surface area contributed by atoms with Gasteiger partial charge in [0, 0.05) is 5.57 Å². The number of hydroxylamine groups is 1. The van der Waals surface area contributed by atoms with Gasteiger partial charge in [0.15, 0.2) is 0 Å². The Bertz CT molecular complexity index is 234. The molecule has 1 amide bonds. The Morgan fingerprint density at radius 1 is 1.06 bits per heavy atom. The third kappa shape index (κ3) is 5.31. The highest BCUT2D eigenvalue weighted by atomic mass is 16.5. The molecule has 0 saturated carbocycles. The summed E-state index contributed by atoms with van der Waals surface area (Å²) in [4.78, 5) is 11.4. The summed E-state index contributed by atoms with van der Waals surface area (Å²) in [5.41, 5.74) is 3.67. The van der Waals surface area contributed by atoms with Crippen molar-refractivity contribution in [3.8, 4) is 0 Å². The summed E-state index contributed by atoms with van der Waals surface area (Å²) in [6.07, 6.45) is 7.39. The van der Waals surface area contributed by atoms with Crippen molar-refractivity contribution in [1.29, 1.82) is 0 Å². The second kappa shape index (κ2) is 9.40. The van der Waals surface area contributed by atoms with E-state index < -0.39 is 0 Å². The van der Waals surface area contributed by atoms with E-state index in [1.165, 1.54) is 24.8 Å². The molecule has 0 atom stereocenters. The van der Waals surface area contributed by atoms with E-state index in [0.717, 1.165) is 24.8 Å². The van der Waals surface area contributed by atoms with Crippen molar-refractivity contribution in [2.45, 2.75) is 65.7 Å². The Kier molecular flexibility index (Phi) is 8.91. The van der Waals surface area contributed by atoms with Crippen LogP contribution < -0.4 is 5.48 Å². The molecule has 0 aliphatic carbocycles. The van der Waals surface area contributed by atoms with Crippen LogP contribution in [0.2, 0.25) is 0 Å². The largest absolute Gasteiger partial charge is 0.288 e. The summed E-state index contributed by atoms with van der Waals surface area (Å²) in [7, 11) is 0. The first-order chi connectivity index (χ1) is 7.71. The Morgan fingerprint density at radius 3 is 2.19 bits per heavy atom. The number of allylic oxidation sites excluding steroid dienone is 1. The van der Waals surface area contributed by atoms with Crippen LogP contribution in [0.25, 0.3) is 0 Å². The van der Waals surface area contributed by atoms with Gasteiger partial charge in [0.25, 0.3) is 5.91 Å². The molecule has 0 aromatic rings. The average Bonchev–Trinajstić information content (AvgIpc) is 2.32. The third-order valence-corrected chi connectivity index (χ3v) is 2.91. The van der Waals surface area contributed by atoms with Crippen molar-refractivity contribution in [3.63, 3.8) is 0 Å². The number of carbonyl (C=O) groups is 1. The summed E-state index contributed by atoms with van der Waals surface area (Å²) < 4.78 is 0. The topological polar surface area (TPSA) is 49.3 Å². The van der Waals surface area contributed by atoms with Crippen LogP contribution in [0.15, 0.2) is 11.1 Å². The lowest BCUT2D eigenvalue weighted by Crippen LogP contribution is -2.21. The lowest BCUT2D eigenvalue weighted by atomic mass is 9.97. The smallest absolute Gasteiger partial charge is 0.270 e. The van der Waals surface area contributed by atoms with Gasteiger partial charge in [0.2, 0.25) is 0 Å². The molecule has 0 heterocycles. The number of amides is 1. The van der Waals surface area contributed by atoms with E-state index in [9.17, 15) is 4.79 Å². The molecular weight excluding hydrogens is 202 g/mol. The molecule has 3 heteroatoms. The van der Waals surface area contributed by atoms with E-state index in [2.05, 4.69) is 13.8 Å². The molecular formula is C13H25NO2. The van der Waals surface area contributed by atoms with Crippen LogP contribution in [-0.2, 0) is 4.79 Å². The van der Waals surface area contributed by atoms with E-state index in [1.807, 2.05) is 6.92 Å². The van der Waals surface area contributed by atoms with E-state index in [4.69, 9.17) is 5.21 Å². The van der Waals surface area contributed by atoms with Crippen LogP contribution in [0.5, 0.6) is 0 Å². The predicted molar refractivity (Wildman–Crippen MR) is 66.3 cm³/mol. The molecule has 3 nitrogen and oxygen atoms in total. The molecule has 0 aromatic heterocycles. The Hall–Kier alpha value is -0.830. The van der Waals surface area contributed by atoms with Crippen LogP contribution in [-0.4, -0.2) is 11.1 Å². The normalized spacial score (nSPS) is 12.2. The van der Waals surface area contributed by atoms with Crippen LogP contribution in [0.4, 0.5) is 0 Å². The fourth-order valence-corrected chi connectivity index (χ4v) is 1.94. The van der Waals surface area contributed by atoms with Gasteiger partial charge in [-0.2, -0.15) is 0 Å². The second-order valence-corrected chi connectivity index (χ2v) is 4.04. The Morgan fingerprint density at radius 2 is 1.75 bits per heavy atom. The van der Waals surface area contributed by atoms with Gasteiger partial charge in [-0.1, -0.05) is 45.6 Å². The SMILES string of the molecule is CCCCCCC(CC)=C(CC)C(=O)NO. The van der Waals surface area contributed by atoms with Crippen molar-refractivity contribution in [2.24, 2.45) is 0 Å². The summed E-state index contributed by atoms with van der Waals surface area (Å²) in [6, 6.07) is 0. The van der Waals surface area contributed by atoms with Gasteiger partial charge >= 0.3 is 0 Å². The van der Waals surface area contributed by atoms with Gasteiger partial charge < -0.3 is 0 Å². The van der Waals surface area contributed by atoms with Crippen LogP contribution >= 0.6 is 0 Å². The summed E-state index contributed by atoms with van der Waals surface area (Å²) >= 11 is 0.